The number of para-hydroxylation sites is 1. The summed E-state index contributed by atoms with van der Waals surface area (Å²) in [6, 6.07) is 7.86. The predicted molar refractivity (Wildman–Crippen MR) is 72.4 cm³/mol. The van der Waals surface area contributed by atoms with Crippen molar-refractivity contribution < 1.29 is 0 Å². The van der Waals surface area contributed by atoms with Crippen molar-refractivity contribution >= 4 is 34.2 Å². The van der Waals surface area contributed by atoms with Crippen molar-refractivity contribution in [3.8, 4) is 0 Å². The number of hydrogen-bond donors (Lipinski definition) is 2. The first kappa shape index (κ1) is 11.3. The molecular formula is C11H11IN4. The molecule has 0 amide bonds. The fraction of sp³-hybridized carbons (Fsp3) is 0.0909. The number of halogens is 1. The van der Waals surface area contributed by atoms with E-state index in [0.29, 0.717) is 12.5 Å². The Bertz CT molecular complexity index is 470. The van der Waals surface area contributed by atoms with Gasteiger partial charge < -0.3 is 11.1 Å². The van der Waals surface area contributed by atoms with Gasteiger partial charge in [0.05, 0.1) is 0 Å². The Morgan fingerprint density at radius 3 is 2.56 bits per heavy atom. The number of aromatic nitrogens is 2. The summed E-state index contributed by atoms with van der Waals surface area (Å²) in [5.74, 6) is 0.585. The van der Waals surface area contributed by atoms with Crippen molar-refractivity contribution in [3.63, 3.8) is 0 Å². The van der Waals surface area contributed by atoms with Gasteiger partial charge in [-0.2, -0.15) is 0 Å². The lowest BCUT2D eigenvalue weighted by Crippen LogP contribution is -2.03. The highest BCUT2D eigenvalue weighted by atomic mass is 127. The van der Waals surface area contributed by atoms with Crippen LogP contribution < -0.4 is 11.1 Å². The highest BCUT2D eigenvalue weighted by molar-refractivity contribution is 14.1. The van der Waals surface area contributed by atoms with Crippen molar-refractivity contribution in [2.24, 2.45) is 5.73 Å². The van der Waals surface area contributed by atoms with Crippen molar-refractivity contribution in [3.05, 3.63) is 45.8 Å². The quantitative estimate of drug-likeness (QED) is 0.850. The van der Waals surface area contributed by atoms with Crippen molar-refractivity contribution in [1.82, 2.24) is 9.97 Å². The van der Waals surface area contributed by atoms with Crippen LogP contribution in [0.4, 0.5) is 11.6 Å². The first-order valence-electron chi connectivity index (χ1n) is 4.82. The Morgan fingerprint density at radius 2 is 1.88 bits per heavy atom. The van der Waals surface area contributed by atoms with Crippen LogP contribution in [0.1, 0.15) is 5.56 Å². The number of nitrogens with zero attached hydrogens (tertiary/aromatic N) is 2. The minimum Gasteiger partial charge on any atom is -0.326 e. The van der Waals surface area contributed by atoms with E-state index in [1.54, 1.807) is 12.4 Å². The zero-order valence-electron chi connectivity index (χ0n) is 8.52. The van der Waals surface area contributed by atoms with Crippen LogP contribution in [0.3, 0.4) is 0 Å². The predicted octanol–water partition coefficient (Wildman–Crippen LogP) is 2.28. The first-order valence-corrected chi connectivity index (χ1v) is 5.90. The van der Waals surface area contributed by atoms with E-state index in [1.807, 2.05) is 24.3 Å². The van der Waals surface area contributed by atoms with Gasteiger partial charge in [0.2, 0.25) is 5.95 Å². The van der Waals surface area contributed by atoms with E-state index in [0.717, 1.165) is 14.8 Å². The highest BCUT2D eigenvalue weighted by Crippen LogP contribution is 2.17. The molecule has 0 aliphatic heterocycles. The molecule has 0 saturated heterocycles. The molecule has 0 unspecified atom stereocenters. The second kappa shape index (κ2) is 5.22. The summed E-state index contributed by atoms with van der Waals surface area (Å²) in [5.41, 5.74) is 7.64. The summed E-state index contributed by atoms with van der Waals surface area (Å²) in [4.78, 5) is 8.36. The number of hydrogen-bond acceptors (Lipinski definition) is 4. The van der Waals surface area contributed by atoms with E-state index in [4.69, 9.17) is 5.73 Å². The van der Waals surface area contributed by atoms with E-state index in [2.05, 4.69) is 37.9 Å². The van der Waals surface area contributed by atoms with Crippen molar-refractivity contribution in [1.29, 1.82) is 0 Å². The van der Waals surface area contributed by atoms with Gasteiger partial charge in [0.1, 0.15) is 0 Å². The molecule has 0 bridgehead atoms. The Balaban J connectivity index is 2.23. The van der Waals surface area contributed by atoms with Gasteiger partial charge in [-0.3, -0.25) is 0 Å². The van der Waals surface area contributed by atoms with Gasteiger partial charge in [0.25, 0.3) is 0 Å². The number of nitrogens with two attached hydrogens (primary N) is 1. The van der Waals surface area contributed by atoms with Crippen molar-refractivity contribution in [2.45, 2.75) is 6.54 Å². The molecule has 4 nitrogen and oxygen atoms in total. The Labute approximate surface area is 107 Å². The molecular weight excluding hydrogens is 315 g/mol. The van der Waals surface area contributed by atoms with Crippen molar-refractivity contribution in [2.75, 3.05) is 5.32 Å². The van der Waals surface area contributed by atoms with Crippen LogP contribution in [0.15, 0.2) is 36.7 Å². The molecule has 0 aliphatic carbocycles. The molecule has 0 spiro atoms. The van der Waals surface area contributed by atoms with Gasteiger partial charge in [-0.15, -0.1) is 0 Å². The van der Waals surface area contributed by atoms with Crippen LogP contribution in [-0.4, -0.2) is 9.97 Å². The lowest BCUT2D eigenvalue weighted by Gasteiger charge is -2.08. The fourth-order valence-corrected chi connectivity index (χ4v) is 1.60. The average Bonchev–Trinajstić information content (AvgIpc) is 2.33. The highest BCUT2D eigenvalue weighted by Gasteiger charge is 2.01. The average molecular weight is 326 g/mol. The maximum Gasteiger partial charge on any atom is 0.227 e. The normalized spacial score (nSPS) is 10.1. The molecule has 1 aromatic heterocycles. The maximum absolute atomic E-state index is 5.65. The molecule has 1 aromatic carbocycles. The van der Waals surface area contributed by atoms with Crippen LogP contribution >= 0.6 is 22.6 Å². The van der Waals surface area contributed by atoms with E-state index in [1.165, 1.54) is 0 Å². The third-order valence-corrected chi connectivity index (χ3v) is 2.66. The molecule has 1 heterocycles. The summed E-state index contributed by atoms with van der Waals surface area (Å²) in [7, 11) is 0. The Hall–Kier alpha value is -1.21. The van der Waals surface area contributed by atoms with Gasteiger partial charge >= 0.3 is 0 Å². The molecule has 16 heavy (non-hydrogen) atoms. The first-order chi connectivity index (χ1) is 7.79. The molecule has 2 rings (SSSR count). The second-order valence-electron chi connectivity index (χ2n) is 3.21. The minimum absolute atomic E-state index is 0.494. The number of nitrogens with one attached hydrogen (secondary N) is 1. The molecule has 82 valence electrons. The van der Waals surface area contributed by atoms with Gasteiger partial charge in [-0.1, -0.05) is 18.2 Å². The fourth-order valence-electron chi connectivity index (χ4n) is 1.32. The van der Waals surface area contributed by atoms with E-state index in [9.17, 15) is 0 Å². The minimum atomic E-state index is 0.494. The molecule has 3 N–H and O–H groups in total. The van der Waals surface area contributed by atoms with Crippen LogP contribution in [0, 0.1) is 3.57 Å². The summed E-state index contributed by atoms with van der Waals surface area (Å²) >= 11 is 2.17. The van der Waals surface area contributed by atoms with Crippen LogP contribution in [0.25, 0.3) is 0 Å². The van der Waals surface area contributed by atoms with E-state index < -0.39 is 0 Å². The third kappa shape index (κ3) is 2.67. The topological polar surface area (TPSA) is 63.8 Å². The summed E-state index contributed by atoms with van der Waals surface area (Å²) in [6.45, 7) is 0.494. The SMILES string of the molecule is NCc1ccccc1Nc1ncc(I)cn1. The lowest BCUT2D eigenvalue weighted by molar-refractivity contribution is 1.06. The summed E-state index contributed by atoms with van der Waals surface area (Å²) in [5, 5.41) is 3.15. The zero-order chi connectivity index (χ0) is 11.4. The monoisotopic (exact) mass is 326 g/mol. The van der Waals surface area contributed by atoms with Crippen LogP contribution in [-0.2, 0) is 6.54 Å². The van der Waals surface area contributed by atoms with Crippen LogP contribution in [0.2, 0.25) is 0 Å². The molecule has 0 saturated carbocycles. The zero-order valence-corrected chi connectivity index (χ0v) is 10.7. The molecule has 0 fully saturated rings. The second-order valence-corrected chi connectivity index (χ2v) is 4.46. The largest absolute Gasteiger partial charge is 0.326 e. The smallest absolute Gasteiger partial charge is 0.227 e. The van der Waals surface area contributed by atoms with Gasteiger partial charge in [-0.05, 0) is 34.2 Å². The molecule has 0 radical (unpaired) electrons. The molecule has 5 heteroatoms. The number of anilines is 2. The summed E-state index contributed by atoms with van der Waals surface area (Å²) in [6.07, 6.45) is 3.53. The van der Waals surface area contributed by atoms with Crippen LogP contribution in [0.5, 0.6) is 0 Å². The standard InChI is InChI=1S/C11H11IN4/c12-9-6-14-11(15-7-9)16-10-4-2-1-3-8(10)5-13/h1-4,6-7H,5,13H2,(H,14,15,16). The molecule has 2 aromatic rings. The summed E-state index contributed by atoms with van der Waals surface area (Å²) < 4.78 is 1.01. The number of benzene rings is 1. The Morgan fingerprint density at radius 1 is 1.19 bits per heavy atom. The molecule has 0 aliphatic rings. The van der Waals surface area contributed by atoms with Gasteiger partial charge in [0, 0.05) is 28.2 Å². The van der Waals surface area contributed by atoms with E-state index >= 15 is 0 Å². The van der Waals surface area contributed by atoms with Gasteiger partial charge in [-0.25, -0.2) is 9.97 Å². The third-order valence-electron chi connectivity index (χ3n) is 2.10. The lowest BCUT2D eigenvalue weighted by atomic mass is 10.2. The molecule has 0 atom stereocenters. The maximum atomic E-state index is 5.65. The van der Waals surface area contributed by atoms with Gasteiger partial charge in [0.15, 0.2) is 0 Å². The van der Waals surface area contributed by atoms with E-state index in [-0.39, 0.29) is 0 Å². The Kier molecular flexibility index (Phi) is 3.68. The number of rotatable bonds is 3.